The first-order valence-electron chi connectivity index (χ1n) is 6.55. The average Bonchev–Trinajstić information content (AvgIpc) is 2.87. The van der Waals surface area contributed by atoms with Crippen molar-refractivity contribution < 1.29 is 28.2 Å². The van der Waals surface area contributed by atoms with Gasteiger partial charge < -0.3 is 15.2 Å². The number of carboxylic acid groups (broad SMARTS) is 1. The highest BCUT2D eigenvalue weighted by Gasteiger charge is 2.31. The van der Waals surface area contributed by atoms with Crippen LogP contribution in [0.1, 0.15) is 30.9 Å². The number of carbonyl (C=O) groups excluding carboxylic acids is 1. The molecule has 0 saturated carbocycles. The minimum Gasteiger partial charge on any atom is -0.481 e. The maximum atomic E-state index is 13.2. The minimum absolute atomic E-state index is 0.129. The van der Waals surface area contributed by atoms with Gasteiger partial charge in [-0.15, -0.1) is 0 Å². The lowest BCUT2D eigenvalue weighted by atomic mass is 10.0. The highest BCUT2D eigenvalue weighted by atomic mass is 19.2. The minimum atomic E-state index is -1.05. The van der Waals surface area contributed by atoms with E-state index in [1.54, 1.807) is 0 Å². The maximum absolute atomic E-state index is 13.2. The van der Waals surface area contributed by atoms with Gasteiger partial charge in [0.25, 0.3) is 0 Å². The third-order valence-corrected chi connectivity index (χ3v) is 3.28. The number of hydrogen-bond donors (Lipinski definition) is 2. The Morgan fingerprint density at radius 1 is 1.29 bits per heavy atom. The maximum Gasteiger partial charge on any atom is 0.303 e. The van der Waals surface area contributed by atoms with E-state index in [0.717, 1.165) is 12.1 Å². The number of carbonyl (C=O) groups is 2. The molecule has 1 fully saturated rings. The predicted octanol–water partition coefficient (Wildman–Crippen LogP) is 1.78. The lowest BCUT2D eigenvalue weighted by Gasteiger charge is -2.20. The van der Waals surface area contributed by atoms with Gasteiger partial charge in [-0.05, 0) is 24.1 Å². The summed E-state index contributed by atoms with van der Waals surface area (Å²) in [4.78, 5) is 22.1. The van der Waals surface area contributed by atoms with Gasteiger partial charge in [-0.25, -0.2) is 8.78 Å². The summed E-state index contributed by atoms with van der Waals surface area (Å²) in [5, 5.41) is 11.2. The quantitative estimate of drug-likeness (QED) is 0.869. The number of rotatable bonds is 5. The molecule has 1 aromatic carbocycles. The molecule has 21 heavy (non-hydrogen) atoms. The second kappa shape index (κ2) is 6.62. The van der Waals surface area contributed by atoms with E-state index >= 15 is 0 Å². The van der Waals surface area contributed by atoms with Crippen molar-refractivity contribution in [3.05, 3.63) is 35.4 Å². The molecule has 0 radical (unpaired) electrons. The number of benzene rings is 1. The van der Waals surface area contributed by atoms with Crippen molar-refractivity contribution in [3.63, 3.8) is 0 Å². The van der Waals surface area contributed by atoms with Crippen LogP contribution < -0.4 is 5.32 Å². The molecule has 0 bridgehead atoms. The van der Waals surface area contributed by atoms with E-state index in [9.17, 15) is 18.4 Å². The zero-order valence-electron chi connectivity index (χ0n) is 11.1. The third-order valence-electron chi connectivity index (χ3n) is 3.28. The Morgan fingerprint density at radius 3 is 2.71 bits per heavy atom. The van der Waals surface area contributed by atoms with Gasteiger partial charge in [0, 0.05) is 13.0 Å². The molecule has 2 rings (SSSR count). The molecular formula is C14H15F2NO4. The molecule has 7 heteroatoms. The Kier molecular flexibility index (Phi) is 4.85. The Balaban J connectivity index is 2.01. The molecule has 1 aromatic rings. The van der Waals surface area contributed by atoms with Crippen molar-refractivity contribution >= 4 is 11.9 Å². The van der Waals surface area contributed by atoms with Gasteiger partial charge in [0.1, 0.15) is 6.10 Å². The number of aliphatic carboxylic acids is 1. The average molecular weight is 299 g/mol. The van der Waals surface area contributed by atoms with Gasteiger partial charge in [-0.2, -0.15) is 0 Å². The number of hydrogen-bond acceptors (Lipinski definition) is 3. The van der Waals surface area contributed by atoms with Crippen LogP contribution in [0.2, 0.25) is 0 Å². The molecule has 5 nitrogen and oxygen atoms in total. The Bertz CT molecular complexity index is 550. The van der Waals surface area contributed by atoms with Crippen molar-refractivity contribution in [2.45, 2.75) is 31.4 Å². The molecule has 1 aliphatic heterocycles. The highest BCUT2D eigenvalue weighted by Crippen LogP contribution is 2.30. The summed E-state index contributed by atoms with van der Waals surface area (Å²) in [5.41, 5.74) is 0.440. The summed E-state index contributed by atoms with van der Waals surface area (Å²) in [7, 11) is 0. The van der Waals surface area contributed by atoms with Crippen LogP contribution in [0.25, 0.3) is 0 Å². The summed E-state index contributed by atoms with van der Waals surface area (Å²) < 4.78 is 31.6. The number of amides is 1. The van der Waals surface area contributed by atoms with E-state index in [0.29, 0.717) is 18.6 Å². The summed E-state index contributed by atoms with van der Waals surface area (Å²) in [5.74, 6) is -3.37. The third kappa shape index (κ3) is 3.98. The van der Waals surface area contributed by atoms with Crippen molar-refractivity contribution in [1.82, 2.24) is 5.32 Å². The standard InChI is InChI=1S/C14H15F2NO4/c15-9-2-1-8(7-10(9)16)14-11(5-6-21-14)17-12(18)3-4-13(19)20/h1-2,7,11,14H,3-6H2,(H,17,18)(H,19,20). The molecular weight excluding hydrogens is 284 g/mol. The first-order chi connectivity index (χ1) is 9.97. The monoisotopic (exact) mass is 299 g/mol. The van der Waals surface area contributed by atoms with Crippen LogP contribution in [0.5, 0.6) is 0 Å². The fourth-order valence-corrected chi connectivity index (χ4v) is 2.25. The van der Waals surface area contributed by atoms with E-state index in [1.807, 2.05) is 0 Å². The molecule has 0 spiro atoms. The van der Waals surface area contributed by atoms with Gasteiger partial charge in [0.05, 0.1) is 12.5 Å². The molecule has 0 aliphatic carbocycles. The Morgan fingerprint density at radius 2 is 2.05 bits per heavy atom. The molecule has 2 unspecified atom stereocenters. The Labute approximate surface area is 119 Å². The van der Waals surface area contributed by atoms with Crippen LogP contribution in [-0.2, 0) is 14.3 Å². The van der Waals surface area contributed by atoms with Crippen LogP contribution in [0.3, 0.4) is 0 Å². The summed E-state index contributed by atoms with van der Waals surface area (Å²) in [6.45, 7) is 0.382. The lowest BCUT2D eigenvalue weighted by Crippen LogP contribution is -2.37. The van der Waals surface area contributed by atoms with Gasteiger partial charge in [-0.3, -0.25) is 9.59 Å². The van der Waals surface area contributed by atoms with Crippen LogP contribution in [0.15, 0.2) is 18.2 Å². The van der Waals surface area contributed by atoms with Gasteiger partial charge in [-0.1, -0.05) is 6.07 Å². The normalized spacial score (nSPS) is 21.2. The summed E-state index contributed by atoms with van der Waals surface area (Å²) >= 11 is 0. The fourth-order valence-electron chi connectivity index (χ4n) is 2.25. The lowest BCUT2D eigenvalue weighted by molar-refractivity contribution is -0.139. The largest absolute Gasteiger partial charge is 0.481 e. The van der Waals surface area contributed by atoms with Crippen molar-refractivity contribution in [1.29, 1.82) is 0 Å². The number of nitrogens with one attached hydrogen (secondary N) is 1. The zero-order valence-corrected chi connectivity index (χ0v) is 11.1. The van der Waals surface area contributed by atoms with Gasteiger partial charge in [0.2, 0.25) is 5.91 Å². The molecule has 2 atom stereocenters. The van der Waals surface area contributed by atoms with E-state index < -0.39 is 29.6 Å². The molecule has 1 saturated heterocycles. The molecule has 1 heterocycles. The molecule has 2 N–H and O–H groups in total. The predicted molar refractivity (Wildman–Crippen MR) is 68.5 cm³/mol. The van der Waals surface area contributed by atoms with Gasteiger partial charge >= 0.3 is 5.97 Å². The molecule has 0 aromatic heterocycles. The number of ether oxygens (including phenoxy) is 1. The van der Waals surface area contributed by atoms with Crippen LogP contribution in [-0.4, -0.2) is 29.6 Å². The number of halogens is 2. The first kappa shape index (κ1) is 15.4. The van der Waals surface area contributed by atoms with Crippen LogP contribution in [0, 0.1) is 11.6 Å². The second-order valence-electron chi connectivity index (χ2n) is 4.82. The molecule has 1 amide bonds. The smallest absolute Gasteiger partial charge is 0.303 e. The molecule has 1 aliphatic rings. The summed E-state index contributed by atoms with van der Waals surface area (Å²) in [6, 6.07) is 3.08. The zero-order chi connectivity index (χ0) is 15.4. The second-order valence-corrected chi connectivity index (χ2v) is 4.82. The topological polar surface area (TPSA) is 75.6 Å². The van der Waals surface area contributed by atoms with Crippen molar-refractivity contribution in [2.75, 3.05) is 6.61 Å². The van der Waals surface area contributed by atoms with Crippen molar-refractivity contribution in [3.8, 4) is 0 Å². The van der Waals surface area contributed by atoms with Crippen LogP contribution in [0.4, 0.5) is 8.78 Å². The van der Waals surface area contributed by atoms with E-state index in [1.165, 1.54) is 6.07 Å². The molecule has 114 valence electrons. The summed E-state index contributed by atoms with van der Waals surface area (Å²) in [6.07, 6.45) is -0.414. The van der Waals surface area contributed by atoms with E-state index in [2.05, 4.69) is 5.32 Å². The SMILES string of the molecule is O=C(O)CCC(=O)NC1CCOC1c1ccc(F)c(F)c1. The van der Waals surface area contributed by atoms with E-state index in [-0.39, 0.29) is 18.9 Å². The van der Waals surface area contributed by atoms with E-state index in [4.69, 9.17) is 9.84 Å². The Hall–Kier alpha value is -2.02. The fraction of sp³-hybridized carbons (Fsp3) is 0.429. The van der Waals surface area contributed by atoms with Crippen LogP contribution >= 0.6 is 0 Å². The highest BCUT2D eigenvalue weighted by molar-refractivity contribution is 5.80. The van der Waals surface area contributed by atoms with Crippen molar-refractivity contribution in [2.24, 2.45) is 0 Å². The number of carboxylic acids is 1. The van der Waals surface area contributed by atoms with Gasteiger partial charge in [0.15, 0.2) is 11.6 Å². The first-order valence-corrected chi connectivity index (χ1v) is 6.55.